The van der Waals surface area contributed by atoms with E-state index in [1.165, 1.54) is 38.6 Å². The van der Waals surface area contributed by atoms with Gasteiger partial charge in [0.1, 0.15) is 0 Å². The van der Waals surface area contributed by atoms with Gasteiger partial charge in [-0.2, -0.15) is 0 Å². The van der Waals surface area contributed by atoms with E-state index in [0.29, 0.717) is 0 Å². The summed E-state index contributed by atoms with van der Waals surface area (Å²) in [5.74, 6) is 0.830. The molecule has 0 aromatic rings. The molecular weight excluding hydrogens is 174 g/mol. The summed E-state index contributed by atoms with van der Waals surface area (Å²) < 4.78 is 5.46. The Balaban J connectivity index is 1.61. The molecule has 0 saturated carbocycles. The van der Waals surface area contributed by atoms with Gasteiger partial charge >= 0.3 is 0 Å². The van der Waals surface area contributed by atoms with Gasteiger partial charge in [-0.1, -0.05) is 0 Å². The zero-order valence-corrected chi connectivity index (χ0v) is 8.82. The second kappa shape index (κ2) is 3.82. The second-order valence-corrected chi connectivity index (χ2v) is 5.07. The van der Waals surface area contributed by atoms with Crippen molar-refractivity contribution in [1.29, 1.82) is 0 Å². The van der Waals surface area contributed by atoms with Crippen molar-refractivity contribution in [1.82, 2.24) is 4.90 Å². The molecule has 14 heavy (non-hydrogen) atoms. The smallest absolute Gasteiger partial charge is 0.0507 e. The van der Waals surface area contributed by atoms with Gasteiger partial charge in [-0.05, 0) is 44.4 Å². The molecule has 0 amide bonds. The normalized spacial score (nSPS) is 43.3. The lowest BCUT2D eigenvalue weighted by Crippen LogP contribution is -2.42. The Morgan fingerprint density at radius 2 is 1.93 bits per heavy atom. The Bertz CT molecular complexity index is 184. The summed E-state index contributed by atoms with van der Waals surface area (Å²) in [5, 5.41) is 0. The van der Waals surface area contributed by atoms with Crippen molar-refractivity contribution in [2.75, 3.05) is 19.8 Å². The Morgan fingerprint density at radius 1 is 1.14 bits per heavy atom. The van der Waals surface area contributed by atoms with Crippen LogP contribution in [0.2, 0.25) is 0 Å². The highest BCUT2D eigenvalue weighted by Gasteiger charge is 2.37. The topological polar surface area (TPSA) is 12.5 Å². The Morgan fingerprint density at radius 3 is 2.57 bits per heavy atom. The molecule has 3 unspecified atom stereocenters. The van der Waals surface area contributed by atoms with E-state index in [1.807, 2.05) is 0 Å². The van der Waals surface area contributed by atoms with Crippen LogP contribution >= 0.6 is 0 Å². The highest BCUT2D eigenvalue weighted by molar-refractivity contribution is 4.98. The first-order valence-electron chi connectivity index (χ1n) is 6.08. The largest absolute Gasteiger partial charge is 0.381 e. The minimum absolute atomic E-state index is 0.830. The fraction of sp³-hybridized carbons (Fsp3) is 0.917. The molecule has 3 atom stereocenters. The molecule has 3 aliphatic rings. The Kier molecular flexibility index (Phi) is 2.50. The molecule has 2 heteroatoms. The van der Waals surface area contributed by atoms with Crippen LogP contribution in [0.15, 0.2) is 0 Å². The third-order valence-corrected chi connectivity index (χ3v) is 4.14. The lowest BCUT2D eigenvalue weighted by Gasteiger charge is -2.36. The highest BCUT2D eigenvalue weighted by atomic mass is 16.5. The molecule has 2 bridgehead atoms. The predicted octanol–water partition coefficient (Wildman–Crippen LogP) is 1.85. The lowest BCUT2D eigenvalue weighted by molar-refractivity contribution is 0.123. The van der Waals surface area contributed by atoms with Crippen LogP contribution in [0, 0.1) is 12.3 Å². The van der Waals surface area contributed by atoms with E-state index in [4.69, 9.17) is 4.74 Å². The summed E-state index contributed by atoms with van der Waals surface area (Å²) in [5.41, 5.74) is 0. The minimum Gasteiger partial charge on any atom is -0.381 e. The van der Waals surface area contributed by atoms with E-state index >= 15 is 0 Å². The number of rotatable bonds is 2. The number of piperidine rings is 1. The van der Waals surface area contributed by atoms with Crippen molar-refractivity contribution >= 4 is 0 Å². The number of ether oxygens (including phenoxy) is 1. The van der Waals surface area contributed by atoms with Crippen molar-refractivity contribution in [2.45, 2.75) is 44.2 Å². The average Bonchev–Trinajstić information content (AvgIpc) is 2.75. The third kappa shape index (κ3) is 1.59. The molecule has 0 aromatic heterocycles. The van der Waals surface area contributed by atoms with E-state index in [9.17, 15) is 0 Å². The molecule has 3 heterocycles. The molecule has 3 saturated heterocycles. The monoisotopic (exact) mass is 194 g/mol. The van der Waals surface area contributed by atoms with Gasteiger partial charge in [0.25, 0.3) is 0 Å². The third-order valence-electron chi connectivity index (χ3n) is 4.14. The molecule has 0 spiro atoms. The highest BCUT2D eigenvalue weighted by Crippen LogP contribution is 2.36. The van der Waals surface area contributed by atoms with Crippen LogP contribution in [0.25, 0.3) is 0 Å². The Labute approximate surface area is 86.6 Å². The number of fused-ring (bicyclic) bond motifs is 2. The molecule has 2 nitrogen and oxygen atoms in total. The fourth-order valence-electron chi connectivity index (χ4n) is 3.33. The summed E-state index contributed by atoms with van der Waals surface area (Å²) in [6.45, 7) is 3.32. The van der Waals surface area contributed by atoms with Gasteiger partial charge in [0.2, 0.25) is 0 Å². The molecular formula is C12H20NO. The van der Waals surface area contributed by atoms with Gasteiger partial charge < -0.3 is 4.74 Å². The first-order valence-corrected chi connectivity index (χ1v) is 6.08. The van der Waals surface area contributed by atoms with Gasteiger partial charge in [-0.25, -0.2) is 0 Å². The first kappa shape index (κ1) is 9.17. The van der Waals surface area contributed by atoms with Gasteiger partial charge in [-0.3, -0.25) is 4.90 Å². The van der Waals surface area contributed by atoms with E-state index in [2.05, 4.69) is 11.3 Å². The van der Waals surface area contributed by atoms with Gasteiger partial charge in [-0.15, -0.1) is 0 Å². The summed E-state index contributed by atoms with van der Waals surface area (Å²) in [6, 6.07) is 1.77. The van der Waals surface area contributed by atoms with Crippen molar-refractivity contribution in [2.24, 2.45) is 5.92 Å². The first-order chi connectivity index (χ1) is 6.93. The van der Waals surface area contributed by atoms with Crippen molar-refractivity contribution < 1.29 is 4.74 Å². The molecule has 0 aromatic carbocycles. The second-order valence-electron chi connectivity index (χ2n) is 5.07. The minimum atomic E-state index is 0.830. The van der Waals surface area contributed by atoms with Crippen LogP contribution in [-0.4, -0.2) is 36.7 Å². The quantitative estimate of drug-likeness (QED) is 0.665. The molecule has 0 N–H and O–H groups in total. The predicted molar refractivity (Wildman–Crippen MR) is 56.0 cm³/mol. The van der Waals surface area contributed by atoms with Crippen LogP contribution in [0.5, 0.6) is 0 Å². The average molecular weight is 194 g/mol. The van der Waals surface area contributed by atoms with Crippen molar-refractivity contribution in [3.05, 3.63) is 6.42 Å². The van der Waals surface area contributed by atoms with Crippen LogP contribution in [0.4, 0.5) is 0 Å². The molecule has 3 aliphatic heterocycles. The maximum absolute atomic E-state index is 5.46. The molecule has 0 aliphatic carbocycles. The number of hydrogen-bond donors (Lipinski definition) is 0. The Hall–Kier alpha value is -0.0800. The van der Waals surface area contributed by atoms with Crippen LogP contribution in [0.1, 0.15) is 32.1 Å². The molecule has 3 rings (SSSR count). The van der Waals surface area contributed by atoms with E-state index in [1.54, 1.807) is 0 Å². The molecule has 79 valence electrons. The summed E-state index contributed by atoms with van der Waals surface area (Å²) >= 11 is 0. The zero-order valence-electron chi connectivity index (χ0n) is 8.82. The SMILES string of the molecule is [CH]1CC2CCC(C1)N2CC1CCOC1. The van der Waals surface area contributed by atoms with E-state index < -0.39 is 0 Å². The van der Waals surface area contributed by atoms with Gasteiger partial charge in [0.15, 0.2) is 0 Å². The molecule has 3 fully saturated rings. The van der Waals surface area contributed by atoms with Crippen LogP contribution < -0.4 is 0 Å². The molecule has 1 radical (unpaired) electrons. The van der Waals surface area contributed by atoms with Crippen LogP contribution in [0.3, 0.4) is 0 Å². The summed E-state index contributed by atoms with van der Waals surface area (Å²) in [4.78, 5) is 2.78. The van der Waals surface area contributed by atoms with Crippen molar-refractivity contribution in [3.8, 4) is 0 Å². The van der Waals surface area contributed by atoms with E-state index in [-0.39, 0.29) is 0 Å². The van der Waals surface area contributed by atoms with Crippen LogP contribution in [-0.2, 0) is 4.74 Å². The maximum atomic E-state index is 5.46. The zero-order chi connectivity index (χ0) is 9.38. The maximum Gasteiger partial charge on any atom is 0.0507 e. The van der Waals surface area contributed by atoms with Gasteiger partial charge in [0, 0.05) is 25.2 Å². The van der Waals surface area contributed by atoms with E-state index in [0.717, 1.165) is 31.2 Å². The summed E-state index contributed by atoms with van der Waals surface area (Å²) in [7, 11) is 0. The standard InChI is InChI=1S/C12H20NO/c1-2-11-4-5-12(3-1)13(11)8-10-6-7-14-9-10/h1,10-12H,2-9H2. The summed E-state index contributed by atoms with van der Waals surface area (Å²) in [6.07, 6.45) is 9.35. The number of nitrogens with zero attached hydrogens (tertiary/aromatic N) is 1. The number of hydrogen-bond acceptors (Lipinski definition) is 2. The lowest BCUT2D eigenvalue weighted by atomic mass is 10.00. The van der Waals surface area contributed by atoms with Gasteiger partial charge in [0.05, 0.1) is 6.61 Å². The fourth-order valence-corrected chi connectivity index (χ4v) is 3.33. The van der Waals surface area contributed by atoms with Crippen molar-refractivity contribution in [3.63, 3.8) is 0 Å².